The van der Waals surface area contributed by atoms with E-state index < -0.39 is 0 Å². The second-order valence-electron chi connectivity index (χ2n) is 4.09. The Morgan fingerprint density at radius 1 is 1.47 bits per heavy atom. The number of carbonyl (C=O) groups excluding carboxylic acids is 1. The van der Waals surface area contributed by atoms with Crippen molar-refractivity contribution < 1.29 is 9.53 Å². The van der Waals surface area contributed by atoms with Crippen molar-refractivity contribution in [3.63, 3.8) is 0 Å². The third kappa shape index (κ3) is 3.42. The lowest BCUT2D eigenvalue weighted by Crippen LogP contribution is -2.45. The van der Waals surface area contributed by atoms with Crippen LogP contribution >= 0.6 is 0 Å². The van der Waals surface area contributed by atoms with Crippen LogP contribution in [-0.2, 0) is 11.3 Å². The Balaban J connectivity index is 1.81. The number of carbonyl (C=O) groups is 1. The average Bonchev–Trinajstić information content (AvgIpc) is 2.39. The van der Waals surface area contributed by atoms with Crippen molar-refractivity contribution in [1.29, 1.82) is 0 Å². The number of amides is 2. The molecule has 0 saturated carbocycles. The zero-order valence-corrected chi connectivity index (χ0v) is 9.98. The highest BCUT2D eigenvalue weighted by Crippen LogP contribution is 2.00. The summed E-state index contributed by atoms with van der Waals surface area (Å²) in [5, 5.41) is 2.86. The summed E-state index contributed by atoms with van der Waals surface area (Å²) in [7, 11) is 0. The molecular weight excluding hydrogens is 218 g/mol. The summed E-state index contributed by atoms with van der Waals surface area (Å²) in [6.07, 6.45) is 1.80. The Morgan fingerprint density at radius 2 is 2.24 bits per heavy atom. The van der Waals surface area contributed by atoms with Crippen LogP contribution in [0.3, 0.4) is 0 Å². The molecule has 0 aliphatic carbocycles. The number of nitrogens with one attached hydrogen (secondary N) is 1. The van der Waals surface area contributed by atoms with E-state index >= 15 is 0 Å². The van der Waals surface area contributed by atoms with Gasteiger partial charge in [-0.25, -0.2) is 4.79 Å². The summed E-state index contributed by atoms with van der Waals surface area (Å²) < 4.78 is 5.19. The average molecular weight is 235 g/mol. The number of urea groups is 1. The van der Waals surface area contributed by atoms with Gasteiger partial charge in [-0.3, -0.25) is 4.98 Å². The van der Waals surface area contributed by atoms with Gasteiger partial charge >= 0.3 is 6.03 Å². The third-order valence-electron chi connectivity index (χ3n) is 2.69. The fourth-order valence-corrected chi connectivity index (χ4v) is 1.65. The molecule has 0 atom stereocenters. The number of hydrogen-bond acceptors (Lipinski definition) is 3. The monoisotopic (exact) mass is 235 g/mol. The van der Waals surface area contributed by atoms with Gasteiger partial charge in [0.1, 0.15) is 0 Å². The number of morpholine rings is 1. The summed E-state index contributed by atoms with van der Waals surface area (Å²) >= 11 is 0. The molecule has 92 valence electrons. The Bertz CT molecular complexity index is 372. The van der Waals surface area contributed by atoms with E-state index in [-0.39, 0.29) is 6.03 Å². The van der Waals surface area contributed by atoms with Crippen LogP contribution in [-0.4, -0.2) is 42.2 Å². The van der Waals surface area contributed by atoms with Crippen molar-refractivity contribution in [3.05, 3.63) is 29.6 Å². The minimum atomic E-state index is -0.0457. The van der Waals surface area contributed by atoms with Crippen molar-refractivity contribution in [2.45, 2.75) is 13.5 Å². The highest BCUT2D eigenvalue weighted by Gasteiger charge is 2.15. The van der Waals surface area contributed by atoms with Crippen molar-refractivity contribution >= 4 is 6.03 Å². The van der Waals surface area contributed by atoms with Gasteiger partial charge in [0.2, 0.25) is 0 Å². The number of pyridine rings is 1. The summed E-state index contributed by atoms with van der Waals surface area (Å²) in [5.74, 6) is 0. The minimum Gasteiger partial charge on any atom is -0.378 e. The zero-order valence-electron chi connectivity index (χ0n) is 9.98. The largest absolute Gasteiger partial charge is 0.378 e. The van der Waals surface area contributed by atoms with Crippen LogP contribution < -0.4 is 5.32 Å². The van der Waals surface area contributed by atoms with Crippen LogP contribution in [0.1, 0.15) is 11.3 Å². The van der Waals surface area contributed by atoms with Crippen molar-refractivity contribution in [1.82, 2.24) is 15.2 Å². The highest BCUT2D eigenvalue weighted by molar-refractivity contribution is 5.74. The lowest BCUT2D eigenvalue weighted by Gasteiger charge is -2.26. The third-order valence-corrected chi connectivity index (χ3v) is 2.69. The molecule has 2 heterocycles. The van der Waals surface area contributed by atoms with E-state index in [1.807, 2.05) is 19.1 Å². The van der Waals surface area contributed by atoms with Gasteiger partial charge in [0.25, 0.3) is 0 Å². The second kappa shape index (κ2) is 5.63. The van der Waals surface area contributed by atoms with E-state index in [1.165, 1.54) is 0 Å². The highest BCUT2D eigenvalue weighted by atomic mass is 16.5. The maximum absolute atomic E-state index is 11.8. The second-order valence-corrected chi connectivity index (χ2v) is 4.09. The summed E-state index contributed by atoms with van der Waals surface area (Å²) in [6.45, 7) is 5.02. The molecule has 1 aliphatic heterocycles. The fraction of sp³-hybridized carbons (Fsp3) is 0.500. The first-order valence-corrected chi connectivity index (χ1v) is 5.78. The summed E-state index contributed by atoms with van der Waals surface area (Å²) in [6, 6.07) is 3.87. The molecule has 5 heteroatoms. The summed E-state index contributed by atoms with van der Waals surface area (Å²) in [4.78, 5) is 17.8. The van der Waals surface area contributed by atoms with Crippen molar-refractivity contribution in [3.8, 4) is 0 Å². The molecule has 0 unspecified atom stereocenters. The molecule has 1 N–H and O–H groups in total. The summed E-state index contributed by atoms with van der Waals surface area (Å²) in [5.41, 5.74) is 1.99. The van der Waals surface area contributed by atoms with Gasteiger partial charge < -0.3 is 15.0 Å². The fourth-order valence-electron chi connectivity index (χ4n) is 1.65. The number of hydrogen-bond donors (Lipinski definition) is 1. The van der Waals surface area contributed by atoms with Gasteiger partial charge in [0.15, 0.2) is 0 Å². The Hall–Kier alpha value is -1.62. The molecule has 1 aromatic rings. The molecule has 0 radical (unpaired) electrons. The zero-order chi connectivity index (χ0) is 12.1. The quantitative estimate of drug-likeness (QED) is 0.829. The normalized spacial score (nSPS) is 15.7. The first-order valence-electron chi connectivity index (χ1n) is 5.78. The Kier molecular flexibility index (Phi) is 3.93. The van der Waals surface area contributed by atoms with E-state index in [4.69, 9.17) is 4.74 Å². The molecular formula is C12H17N3O2. The van der Waals surface area contributed by atoms with Crippen LogP contribution in [0.5, 0.6) is 0 Å². The van der Waals surface area contributed by atoms with Crippen molar-refractivity contribution in [2.75, 3.05) is 26.3 Å². The van der Waals surface area contributed by atoms with Crippen LogP contribution in [0.4, 0.5) is 4.79 Å². The van der Waals surface area contributed by atoms with E-state index in [0.717, 1.165) is 11.3 Å². The van der Waals surface area contributed by atoms with Gasteiger partial charge in [-0.1, -0.05) is 6.07 Å². The van der Waals surface area contributed by atoms with Crippen LogP contribution in [0.2, 0.25) is 0 Å². The van der Waals surface area contributed by atoms with Gasteiger partial charge in [-0.15, -0.1) is 0 Å². The maximum Gasteiger partial charge on any atom is 0.317 e. The Labute approximate surface area is 101 Å². The van der Waals surface area contributed by atoms with E-state index in [9.17, 15) is 4.79 Å². The van der Waals surface area contributed by atoms with Gasteiger partial charge in [0, 0.05) is 19.3 Å². The molecule has 1 fully saturated rings. The molecule has 17 heavy (non-hydrogen) atoms. The van der Waals surface area contributed by atoms with E-state index in [2.05, 4.69) is 10.3 Å². The molecule has 1 aliphatic rings. The molecule has 2 rings (SSSR count). The number of rotatable bonds is 2. The predicted molar refractivity (Wildman–Crippen MR) is 63.6 cm³/mol. The minimum absolute atomic E-state index is 0.0457. The number of ether oxygens (including phenoxy) is 1. The first-order chi connectivity index (χ1) is 8.25. The molecule has 1 saturated heterocycles. The van der Waals surface area contributed by atoms with Gasteiger partial charge in [0.05, 0.1) is 25.5 Å². The van der Waals surface area contributed by atoms with Gasteiger partial charge in [-0.05, 0) is 18.6 Å². The number of aryl methyl sites for hydroxylation is 1. The van der Waals surface area contributed by atoms with Crippen molar-refractivity contribution in [2.24, 2.45) is 0 Å². The maximum atomic E-state index is 11.8. The SMILES string of the molecule is Cc1ccc(CNC(=O)N2CCOCC2)nc1. The van der Waals surface area contributed by atoms with Gasteiger partial charge in [-0.2, -0.15) is 0 Å². The Morgan fingerprint density at radius 3 is 2.88 bits per heavy atom. The standard InChI is InChI=1S/C12H17N3O2/c1-10-2-3-11(13-8-10)9-14-12(16)15-4-6-17-7-5-15/h2-3,8H,4-7,9H2,1H3,(H,14,16). The molecule has 5 nitrogen and oxygen atoms in total. The lowest BCUT2D eigenvalue weighted by molar-refractivity contribution is 0.0531. The lowest BCUT2D eigenvalue weighted by atomic mass is 10.3. The molecule has 2 amide bonds. The van der Waals surface area contributed by atoms with Crippen LogP contribution in [0, 0.1) is 6.92 Å². The molecule has 0 spiro atoms. The predicted octanol–water partition coefficient (Wildman–Crippen LogP) is 0.932. The van der Waals surface area contributed by atoms with Crippen LogP contribution in [0.15, 0.2) is 18.3 Å². The number of nitrogens with zero attached hydrogens (tertiary/aromatic N) is 2. The van der Waals surface area contributed by atoms with E-state index in [1.54, 1.807) is 11.1 Å². The van der Waals surface area contributed by atoms with Crippen LogP contribution in [0.25, 0.3) is 0 Å². The first kappa shape index (κ1) is 11.9. The topological polar surface area (TPSA) is 54.5 Å². The molecule has 0 bridgehead atoms. The van der Waals surface area contributed by atoms with E-state index in [0.29, 0.717) is 32.8 Å². The smallest absolute Gasteiger partial charge is 0.317 e. The molecule has 0 aromatic carbocycles. The molecule has 1 aromatic heterocycles. The number of aromatic nitrogens is 1.